The van der Waals surface area contributed by atoms with Crippen LogP contribution in [0.25, 0.3) is 0 Å². The van der Waals surface area contributed by atoms with E-state index in [9.17, 15) is 4.79 Å². The summed E-state index contributed by atoms with van der Waals surface area (Å²) in [5, 5.41) is 5.98. The fourth-order valence-corrected chi connectivity index (χ4v) is 2.74. The summed E-state index contributed by atoms with van der Waals surface area (Å²) in [4.78, 5) is 11.1. The molecule has 2 rings (SSSR count). The molecule has 0 radical (unpaired) electrons. The molecule has 3 atom stereocenters. The van der Waals surface area contributed by atoms with E-state index < -0.39 is 0 Å². The summed E-state index contributed by atoms with van der Waals surface area (Å²) in [6.45, 7) is 5.37. The first-order valence-electron chi connectivity index (χ1n) is 5.20. The summed E-state index contributed by atoms with van der Waals surface area (Å²) in [6.07, 6.45) is 3.68. The van der Waals surface area contributed by atoms with Crippen molar-refractivity contribution in [1.82, 2.24) is 10.6 Å². The van der Waals surface area contributed by atoms with Crippen LogP contribution in [0.1, 0.15) is 33.1 Å². The number of nitrogens with one attached hydrogen (secondary N) is 2. The first-order valence-corrected chi connectivity index (χ1v) is 5.20. The average Bonchev–Trinajstić information content (AvgIpc) is 2.45. The highest BCUT2D eigenvalue weighted by atomic mass is 16.2. The largest absolute Gasteiger partial charge is 0.336 e. The molecule has 2 fully saturated rings. The van der Waals surface area contributed by atoms with Gasteiger partial charge in [0.15, 0.2) is 0 Å². The summed E-state index contributed by atoms with van der Waals surface area (Å²) in [7, 11) is 0. The predicted octanol–water partition coefficient (Wildman–Crippen LogP) is 1.49. The Bertz CT molecular complexity index is 229. The van der Waals surface area contributed by atoms with Gasteiger partial charge in [0.25, 0.3) is 0 Å². The van der Waals surface area contributed by atoms with Crippen LogP contribution in [-0.2, 0) is 0 Å². The van der Waals surface area contributed by atoms with Crippen LogP contribution in [0.5, 0.6) is 0 Å². The number of amides is 2. The first-order chi connectivity index (χ1) is 6.14. The van der Waals surface area contributed by atoms with E-state index in [0.717, 1.165) is 18.9 Å². The zero-order chi connectivity index (χ0) is 9.47. The SMILES string of the molecule is CC1CCCC2(CNC(=O)N2)C1C. The second-order valence-corrected chi connectivity index (χ2v) is 4.62. The maximum absolute atomic E-state index is 11.1. The molecule has 3 nitrogen and oxygen atoms in total. The molecule has 3 heteroatoms. The molecule has 2 aliphatic rings. The normalized spacial score (nSPS) is 44.6. The fourth-order valence-electron chi connectivity index (χ4n) is 2.74. The van der Waals surface area contributed by atoms with Gasteiger partial charge in [0, 0.05) is 6.54 Å². The second-order valence-electron chi connectivity index (χ2n) is 4.62. The lowest BCUT2D eigenvalue weighted by Gasteiger charge is -2.42. The van der Waals surface area contributed by atoms with E-state index in [4.69, 9.17) is 0 Å². The van der Waals surface area contributed by atoms with Gasteiger partial charge in [-0.25, -0.2) is 4.79 Å². The van der Waals surface area contributed by atoms with Crippen molar-refractivity contribution < 1.29 is 4.79 Å². The lowest BCUT2D eigenvalue weighted by Crippen LogP contribution is -2.53. The smallest absolute Gasteiger partial charge is 0.315 e. The molecule has 0 aromatic heterocycles. The Labute approximate surface area is 79.3 Å². The molecule has 1 aliphatic heterocycles. The van der Waals surface area contributed by atoms with E-state index in [2.05, 4.69) is 24.5 Å². The van der Waals surface area contributed by atoms with Gasteiger partial charge in [0.1, 0.15) is 0 Å². The summed E-state index contributed by atoms with van der Waals surface area (Å²) < 4.78 is 0. The van der Waals surface area contributed by atoms with Crippen molar-refractivity contribution in [1.29, 1.82) is 0 Å². The molecule has 1 heterocycles. The third kappa shape index (κ3) is 1.30. The van der Waals surface area contributed by atoms with Crippen molar-refractivity contribution >= 4 is 6.03 Å². The second kappa shape index (κ2) is 2.89. The van der Waals surface area contributed by atoms with Crippen LogP contribution < -0.4 is 10.6 Å². The minimum absolute atomic E-state index is 0.0148. The van der Waals surface area contributed by atoms with Gasteiger partial charge in [-0.3, -0.25) is 0 Å². The highest BCUT2D eigenvalue weighted by molar-refractivity contribution is 5.77. The highest BCUT2D eigenvalue weighted by Crippen LogP contribution is 2.38. The standard InChI is InChI=1S/C10H18N2O/c1-7-4-3-5-10(8(7)2)6-11-9(13)12-10/h7-8H,3-6H2,1-2H3,(H2,11,12,13). The van der Waals surface area contributed by atoms with Gasteiger partial charge in [0.05, 0.1) is 5.54 Å². The highest BCUT2D eigenvalue weighted by Gasteiger charge is 2.45. The van der Waals surface area contributed by atoms with E-state index in [1.54, 1.807) is 0 Å². The number of carbonyl (C=O) groups excluding carboxylic acids is 1. The molecule has 0 aromatic carbocycles. The molecular formula is C10H18N2O. The van der Waals surface area contributed by atoms with Crippen molar-refractivity contribution in [3.05, 3.63) is 0 Å². The molecule has 1 saturated heterocycles. The lowest BCUT2D eigenvalue weighted by atomic mass is 9.69. The molecule has 13 heavy (non-hydrogen) atoms. The van der Waals surface area contributed by atoms with Crippen molar-refractivity contribution in [3.8, 4) is 0 Å². The Balaban J connectivity index is 2.16. The minimum atomic E-state index is 0.0148. The molecule has 74 valence electrons. The Morgan fingerprint density at radius 2 is 2.23 bits per heavy atom. The van der Waals surface area contributed by atoms with E-state index in [-0.39, 0.29) is 11.6 Å². The van der Waals surface area contributed by atoms with Crippen LogP contribution in [0.2, 0.25) is 0 Å². The van der Waals surface area contributed by atoms with Gasteiger partial charge in [-0.15, -0.1) is 0 Å². The molecule has 0 bridgehead atoms. The van der Waals surface area contributed by atoms with E-state index in [1.807, 2.05) is 0 Å². The monoisotopic (exact) mass is 182 g/mol. The van der Waals surface area contributed by atoms with E-state index >= 15 is 0 Å². The van der Waals surface area contributed by atoms with Crippen molar-refractivity contribution in [2.75, 3.05) is 6.54 Å². The van der Waals surface area contributed by atoms with Gasteiger partial charge in [-0.2, -0.15) is 0 Å². The van der Waals surface area contributed by atoms with Crippen LogP contribution in [0.4, 0.5) is 4.79 Å². The zero-order valence-corrected chi connectivity index (χ0v) is 8.39. The minimum Gasteiger partial charge on any atom is -0.336 e. The van der Waals surface area contributed by atoms with E-state index in [1.165, 1.54) is 12.8 Å². The van der Waals surface area contributed by atoms with Gasteiger partial charge < -0.3 is 10.6 Å². The lowest BCUT2D eigenvalue weighted by molar-refractivity contribution is 0.136. The summed E-state index contributed by atoms with van der Waals surface area (Å²) in [5.74, 6) is 1.33. The number of hydrogen-bond donors (Lipinski definition) is 2. The Kier molecular flexibility index (Phi) is 1.97. The van der Waals surface area contributed by atoms with Crippen LogP contribution >= 0.6 is 0 Å². The zero-order valence-electron chi connectivity index (χ0n) is 8.39. The van der Waals surface area contributed by atoms with Gasteiger partial charge in [-0.05, 0) is 18.3 Å². The maximum Gasteiger partial charge on any atom is 0.315 e. The molecular weight excluding hydrogens is 164 g/mol. The first kappa shape index (κ1) is 8.85. The third-order valence-corrected chi connectivity index (χ3v) is 3.93. The van der Waals surface area contributed by atoms with E-state index in [0.29, 0.717) is 5.92 Å². The molecule has 2 amide bonds. The van der Waals surface area contributed by atoms with Crippen LogP contribution in [-0.4, -0.2) is 18.1 Å². The molecule has 2 N–H and O–H groups in total. The quantitative estimate of drug-likeness (QED) is 0.585. The molecule has 1 spiro atoms. The number of hydrogen-bond acceptors (Lipinski definition) is 1. The van der Waals surface area contributed by atoms with Gasteiger partial charge in [-0.1, -0.05) is 26.7 Å². The Morgan fingerprint density at radius 1 is 1.46 bits per heavy atom. The van der Waals surface area contributed by atoms with Crippen LogP contribution in [0.3, 0.4) is 0 Å². The molecule has 1 saturated carbocycles. The van der Waals surface area contributed by atoms with Crippen molar-refractivity contribution in [2.24, 2.45) is 11.8 Å². The molecule has 3 unspecified atom stereocenters. The van der Waals surface area contributed by atoms with Crippen LogP contribution in [0, 0.1) is 11.8 Å². The number of rotatable bonds is 0. The van der Waals surface area contributed by atoms with Gasteiger partial charge >= 0.3 is 6.03 Å². The molecule has 0 aromatic rings. The predicted molar refractivity (Wildman–Crippen MR) is 51.4 cm³/mol. The molecule has 1 aliphatic carbocycles. The summed E-state index contributed by atoms with van der Waals surface area (Å²) >= 11 is 0. The van der Waals surface area contributed by atoms with Crippen LogP contribution in [0.15, 0.2) is 0 Å². The number of carbonyl (C=O) groups is 1. The summed E-state index contributed by atoms with van der Waals surface area (Å²) in [6, 6.07) is 0.0148. The van der Waals surface area contributed by atoms with Crippen molar-refractivity contribution in [3.63, 3.8) is 0 Å². The van der Waals surface area contributed by atoms with Gasteiger partial charge in [0.2, 0.25) is 0 Å². The third-order valence-electron chi connectivity index (χ3n) is 3.93. The average molecular weight is 182 g/mol. The van der Waals surface area contributed by atoms with Crippen molar-refractivity contribution in [2.45, 2.75) is 38.6 Å². The Hall–Kier alpha value is -0.730. The fraction of sp³-hybridized carbons (Fsp3) is 0.900. The number of urea groups is 1. The maximum atomic E-state index is 11.1. The topological polar surface area (TPSA) is 41.1 Å². The summed E-state index contributed by atoms with van der Waals surface area (Å²) in [5.41, 5.74) is 0.0642. The Morgan fingerprint density at radius 3 is 2.85 bits per heavy atom.